The Balaban J connectivity index is 1.70. The van der Waals surface area contributed by atoms with E-state index in [9.17, 15) is 0 Å². The highest BCUT2D eigenvalue weighted by Gasteiger charge is 2.31. The van der Waals surface area contributed by atoms with Crippen LogP contribution >= 0.6 is 20.6 Å². The number of hydrogen-bond acceptors (Lipinski definition) is 5. The third-order valence-corrected chi connectivity index (χ3v) is 7.89. The molecule has 1 saturated carbocycles. The van der Waals surface area contributed by atoms with Crippen molar-refractivity contribution in [1.82, 2.24) is 4.98 Å². The average molecular weight is 454 g/mol. The van der Waals surface area contributed by atoms with E-state index in [-0.39, 0.29) is 6.04 Å². The Morgan fingerprint density at radius 3 is 2.52 bits per heavy atom. The summed E-state index contributed by atoms with van der Waals surface area (Å²) in [6.45, 7) is 8.45. The number of rotatable bonds is 7. The van der Waals surface area contributed by atoms with Crippen LogP contribution in [0.2, 0.25) is 0 Å². The highest BCUT2D eigenvalue weighted by Crippen LogP contribution is 2.42. The Kier molecular flexibility index (Phi) is 6.39. The molecule has 1 unspecified atom stereocenters. The van der Waals surface area contributed by atoms with Gasteiger partial charge in [0.15, 0.2) is 0 Å². The summed E-state index contributed by atoms with van der Waals surface area (Å²) < 4.78 is 5.48. The second-order valence-electron chi connectivity index (χ2n) is 8.76. The first kappa shape index (κ1) is 22.3. The first-order valence-corrected chi connectivity index (χ1v) is 12.2. The minimum Gasteiger partial charge on any atom is -0.496 e. The van der Waals surface area contributed by atoms with Gasteiger partial charge in [0.25, 0.3) is 0 Å². The minimum atomic E-state index is 0.129. The number of benzene rings is 2. The average Bonchev–Trinajstić information content (AvgIpc) is 3.49. The molecular weight excluding hydrogens is 421 g/mol. The molecule has 0 amide bonds. The molecule has 31 heavy (non-hydrogen) atoms. The van der Waals surface area contributed by atoms with E-state index in [1.165, 1.54) is 34.2 Å². The number of anilines is 1. The molecule has 0 saturated heterocycles. The summed E-state index contributed by atoms with van der Waals surface area (Å²) in [5.74, 6) is 8.43. The van der Waals surface area contributed by atoms with Crippen molar-refractivity contribution in [1.29, 1.82) is 0 Å². The van der Waals surface area contributed by atoms with Gasteiger partial charge in [-0.1, -0.05) is 25.0 Å². The van der Waals surface area contributed by atoms with Crippen LogP contribution in [0.3, 0.4) is 0 Å². The summed E-state index contributed by atoms with van der Waals surface area (Å²) in [4.78, 5) is 6.20. The fourth-order valence-electron chi connectivity index (χ4n) is 4.09. The van der Waals surface area contributed by atoms with E-state index in [0.717, 1.165) is 45.6 Å². The Hall–Kier alpha value is -1.94. The van der Waals surface area contributed by atoms with Crippen molar-refractivity contribution in [3.05, 3.63) is 57.5 Å². The Bertz CT molecular complexity index is 1110. The number of hydrogen-bond donors (Lipinski definition) is 1. The molecule has 6 heteroatoms. The van der Waals surface area contributed by atoms with Gasteiger partial charge in [-0.2, -0.15) is 0 Å². The lowest BCUT2D eigenvalue weighted by atomic mass is 9.99. The van der Waals surface area contributed by atoms with Crippen molar-refractivity contribution in [3.8, 4) is 17.0 Å². The van der Waals surface area contributed by atoms with Gasteiger partial charge >= 0.3 is 0 Å². The van der Waals surface area contributed by atoms with Crippen LogP contribution in [0.1, 0.15) is 52.4 Å². The van der Waals surface area contributed by atoms with Crippen molar-refractivity contribution in [3.63, 3.8) is 0 Å². The summed E-state index contributed by atoms with van der Waals surface area (Å²) in [7, 11) is 4.56. The number of nitrogens with zero attached hydrogens (tertiary/aromatic N) is 2. The third-order valence-electron chi connectivity index (χ3n) is 6.28. The van der Waals surface area contributed by atoms with Gasteiger partial charge in [0.05, 0.1) is 18.8 Å². The van der Waals surface area contributed by atoms with Gasteiger partial charge in [-0.05, 0) is 85.8 Å². The number of thiazole rings is 1. The minimum absolute atomic E-state index is 0.129. The zero-order chi connectivity index (χ0) is 22.3. The second-order valence-corrected chi connectivity index (χ2v) is 10.6. The number of aryl methyl sites for hydroxylation is 4. The zero-order valence-electron chi connectivity index (χ0n) is 19.0. The predicted molar refractivity (Wildman–Crippen MR) is 136 cm³/mol. The number of methoxy groups -OCH3 is 1. The molecule has 4 nitrogen and oxygen atoms in total. The van der Waals surface area contributed by atoms with Gasteiger partial charge in [0, 0.05) is 10.4 Å². The zero-order valence-corrected chi connectivity index (χ0v) is 21.0. The molecule has 3 aromatic rings. The maximum atomic E-state index is 6.76. The van der Waals surface area contributed by atoms with E-state index in [4.69, 9.17) is 15.6 Å². The maximum absolute atomic E-state index is 6.76. The fourth-order valence-corrected chi connectivity index (χ4v) is 5.27. The first-order chi connectivity index (χ1) is 14.8. The molecule has 1 heterocycles. The maximum Gasteiger partial charge on any atom is 0.201 e. The van der Waals surface area contributed by atoms with Crippen LogP contribution in [0.4, 0.5) is 5.13 Å². The normalized spacial score (nSPS) is 14.5. The molecule has 164 valence electrons. The molecule has 1 fully saturated rings. The standard InChI is InChI=1S/C25H32N3OPS/c1-14-6-9-19(13-23(14)30)21(12-18-7-8-18)28(26)25-27-24(17(4)31-25)20-10-16(3)22(29-5)11-15(20)2/h6,9-11,13,18,21H,7-8,12,26,30H2,1-5H3/t21-/m0/s1. The van der Waals surface area contributed by atoms with Gasteiger partial charge < -0.3 is 4.74 Å². The summed E-state index contributed by atoms with van der Waals surface area (Å²) in [5.41, 5.74) is 6.97. The Morgan fingerprint density at radius 2 is 1.87 bits per heavy atom. The van der Waals surface area contributed by atoms with Crippen LogP contribution in [0.15, 0.2) is 30.3 Å². The number of aromatic nitrogens is 1. The van der Waals surface area contributed by atoms with E-state index in [1.54, 1.807) is 18.4 Å². The number of nitrogens with two attached hydrogens (primary N) is 1. The van der Waals surface area contributed by atoms with Crippen LogP contribution in [-0.2, 0) is 0 Å². The van der Waals surface area contributed by atoms with E-state index in [2.05, 4.69) is 67.3 Å². The highest BCUT2D eigenvalue weighted by molar-refractivity contribution is 7.27. The SMILES string of the molecule is COc1cc(C)c(-c2nc(N(N)[C@@H](CC3CC3)c3ccc(C)c(P)c3)sc2C)cc1C. The fraction of sp³-hybridized carbons (Fsp3) is 0.400. The second kappa shape index (κ2) is 8.90. The predicted octanol–water partition coefficient (Wildman–Crippen LogP) is 5.77. The van der Waals surface area contributed by atoms with Crippen LogP contribution in [-0.4, -0.2) is 12.1 Å². The van der Waals surface area contributed by atoms with Crippen molar-refractivity contribution in [2.45, 2.75) is 53.0 Å². The van der Waals surface area contributed by atoms with Crippen molar-refractivity contribution in [2.24, 2.45) is 11.8 Å². The lowest BCUT2D eigenvalue weighted by Crippen LogP contribution is -2.36. The largest absolute Gasteiger partial charge is 0.496 e. The quantitative estimate of drug-likeness (QED) is 0.280. The summed E-state index contributed by atoms with van der Waals surface area (Å²) in [6.07, 6.45) is 3.67. The molecule has 0 aliphatic heterocycles. The lowest BCUT2D eigenvalue weighted by molar-refractivity contribution is 0.411. The Morgan fingerprint density at radius 1 is 1.13 bits per heavy atom. The van der Waals surface area contributed by atoms with E-state index >= 15 is 0 Å². The van der Waals surface area contributed by atoms with Crippen molar-refractivity contribution in [2.75, 3.05) is 12.1 Å². The summed E-state index contributed by atoms with van der Waals surface area (Å²) in [5, 5.41) is 4.00. The molecule has 2 atom stereocenters. The van der Waals surface area contributed by atoms with Crippen molar-refractivity contribution >= 4 is 31.0 Å². The van der Waals surface area contributed by atoms with Crippen LogP contribution in [0, 0.1) is 33.6 Å². The molecule has 1 aliphatic rings. The molecule has 2 N–H and O–H groups in total. The monoisotopic (exact) mass is 453 g/mol. The number of ether oxygens (including phenoxy) is 1. The molecule has 2 aromatic carbocycles. The molecule has 1 aromatic heterocycles. The first-order valence-electron chi connectivity index (χ1n) is 10.8. The molecule has 4 rings (SSSR count). The number of hydrazine groups is 1. The van der Waals surface area contributed by atoms with Gasteiger partial charge in [-0.3, -0.25) is 5.01 Å². The molecule has 0 radical (unpaired) electrons. The molecule has 0 bridgehead atoms. The molecular formula is C25H32N3OPS. The summed E-state index contributed by atoms with van der Waals surface area (Å²) in [6, 6.07) is 11.0. The Labute approximate surface area is 192 Å². The van der Waals surface area contributed by atoms with Crippen LogP contribution < -0.4 is 20.9 Å². The van der Waals surface area contributed by atoms with Gasteiger partial charge in [-0.15, -0.1) is 20.6 Å². The van der Waals surface area contributed by atoms with Crippen molar-refractivity contribution < 1.29 is 4.74 Å². The van der Waals surface area contributed by atoms with Crippen LogP contribution in [0.25, 0.3) is 11.3 Å². The van der Waals surface area contributed by atoms with E-state index in [0.29, 0.717) is 0 Å². The van der Waals surface area contributed by atoms with Gasteiger partial charge in [0.1, 0.15) is 5.75 Å². The molecule has 0 spiro atoms. The summed E-state index contributed by atoms with van der Waals surface area (Å²) >= 11 is 1.67. The van der Waals surface area contributed by atoms with Gasteiger partial charge in [0.2, 0.25) is 5.13 Å². The van der Waals surface area contributed by atoms with Crippen LogP contribution in [0.5, 0.6) is 5.75 Å². The van der Waals surface area contributed by atoms with Gasteiger partial charge in [-0.25, -0.2) is 10.8 Å². The lowest BCUT2D eigenvalue weighted by Gasteiger charge is -2.28. The van der Waals surface area contributed by atoms with E-state index < -0.39 is 0 Å². The third kappa shape index (κ3) is 4.64. The van der Waals surface area contributed by atoms with E-state index in [1.807, 2.05) is 5.01 Å². The molecule has 1 aliphatic carbocycles. The highest BCUT2D eigenvalue weighted by atomic mass is 32.1. The smallest absolute Gasteiger partial charge is 0.201 e. The topological polar surface area (TPSA) is 51.4 Å².